The number of rotatable bonds is 10. The Balaban J connectivity index is 1.35. The molecule has 1 saturated carbocycles. The third-order valence-corrected chi connectivity index (χ3v) is 7.36. The van der Waals surface area contributed by atoms with Gasteiger partial charge >= 0.3 is 6.09 Å². The first-order valence-corrected chi connectivity index (χ1v) is 13.4. The van der Waals surface area contributed by atoms with E-state index in [4.69, 9.17) is 15.2 Å². The standard InChI is InChI=1S/C29H36N6O3/c1-19(2)20(3)38-29(36)33-22-10-8-21(9-11-22)28-27(30)25-16-24(37-15-5-14-34-18-31-17-32-34)12-13-26(25)35(28)23-6-4-7-23/h8-13,16-20,23H,4-7,14-15,30H2,1-3H3,(H,33,36)/t20-/m1/s1. The molecule has 2 aromatic carbocycles. The largest absolute Gasteiger partial charge is 0.494 e. The van der Waals surface area contributed by atoms with Crippen LogP contribution in [0.15, 0.2) is 55.1 Å². The maximum Gasteiger partial charge on any atom is 0.411 e. The molecule has 0 radical (unpaired) electrons. The van der Waals surface area contributed by atoms with E-state index in [-0.39, 0.29) is 12.0 Å². The molecule has 38 heavy (non-hydrogen) atoms. The van der Waals surface area contributed by atoms with E-state index in [1.165, 1.54) is 12.7 Å². The molecule has 1 atom stereocenters. The number of nitrogens with one attached hydrogen (secondary N) is 1. The van der Waals surface area contributed by atoms with Gasteiger partial charge in [0.05, 0.1) is 23.5 Å². The van der Waals surface area contributed by atoms with Gasteiger partial charge in [0, 0.05) is 35.6 Å². The molecule has 1 aliphatic rings. The van der Waals surface area contributed by atoms with E-state index >= 15 is 0 Å². The number of hydrogen-bond donors (Lipinski definition) is 2. The quantitative estimate of drug-likeness (QED) is 0.241. The third-order valence-electron chi connectivity index (χ3n) is 7.36. The molecule has 200 valence electrons. The summed E-state index contributed by atoms with van der Waals surface area (Å²) in [6.07, 6.45) is 6.96. The van der Waals surface area contributed by atoms with Crippen LogP contribution >= 0.6 is 0 Å². The van der Waals surface area contributed by atoms with Crippen molar-refractivity contribution in [2.45, 2.75) is 65.1 Å². The zero-order valence-corrected chi connectivity index (χ0v) is 22.3. The molecular weight excluding hydrogens is 480 g/mol. The molecule has 0 spiro atoms. The highest BCUT2D eigenvalue weighted by molar-refractivity contribution is 6.02. The number of nitrogens with two attached hydrogens (primary N) is 1. The Hall–Kier alpha value is -4.01. The fraction of sp³-hybridized carbons (Fsp3) is 0.414. The van der Waals surface area contributed by atoms with Gasteiger partial charge in [-0.2, -0.15) is 5.10 Å². The predicted octanol–water partition coefficient (Wildman–Crippen LogP) is 6.27. The van der Waals surface area contributed by atoms with Crippen LogP contribution in [0.4, 0.5) is 16.2 Å². The molecule has 1 fully saturated rings. The number of benzene rings is 2. The number of carbonyl (C=O) groups excluding carboxylic acids is 1. The van der Waals surface area contributed by atoms with Gasteiger partial charge in [0.1, 0.15) is 24.5 Å². The fourth-order valence-electron chi connectivity index (χ4n) is 4.66. The van der Waals surface area contributed by atoms with Crippen LogP contribution in [0.3, 0.4) is 0 Å². The van der Waals surface area contributed by atoms with Crippen molar-refractivity contribution in [3.05, 3.63) is 55.1 Å². The van der Waals surface area contributed by atoms with Crippen LogP contribution in [-0.4, -0.2) is 38.1 Å². The van der Waals surface area contributed by atoms with Crippen LogP contribution in [0.2, 0.25) is 0 Å². The van der Waals surface area contributed by atoms with Gasteiger partial charge in [0.15, 0.2) is 0 Å². The molecule has 0 bridgehead atoms. The molecule has 1 aliphatic carbocycles. The number of aromatic nitrogens is 4. The first-order valence-electron chi connectivity index (χ1n) is 13.4. The number of amides is 1. The van der Waals surface area contributed by atoms with Gasteiger partial charge in [-0.15, -0.1) is 0 Å². The molecule has 2 aromatic heterocycles. The molecule has 0 unspecified atom stereocenters. The zero-order valence-electron chi connectivity index (χ0n) is 22.3. The summed E-state index contributed by atoms with van der Waals surface area (Å²) < 4.78 is 15.6. The lowest BCUT2D eigenvalue weighted by molar-refractivity contribution is 0.0940. The fourth-order valence-corrected chi connectivity index (χ4v) is 4.66. The molecule has 5 rings (SSSR count). The van der Waals surface area contributed by atoms with Crippen LogP contribution in [0.5, 0.6) is 5.75 Å². The first kappa shape index (κ1) is 25.6. The lowest BCUT2D eigenvalue weighted by Crippen LogP contribution is -2.23. The highest BCUT2D eigenvalue weighted by Crippen LogP contribution is 2.45. The smallest absolute Gasteiger partial charge is 0.411 e. The average molecular weight is 517 g/mol. The van der Waals surface area contributed by atoms with Crippen molar-refractivity contribution in [3.8, 4) is 17.0 Å². The number of carbonyl (C=O) groups is 1. The van der Waals surface area contributed by atoms with E-state index in [0.717, 1.165) is 59.4 Å². The van der Waals surface area contributed by atoms with Gasteiger partial charge in [-0.1, -0.05) is 26.0 Å². The third kappa shape index (κ3) is 5.46. The maximum absolute atomic E-state index is 12.3. The molecule has 0 aliphatic heterocycles. The Bertz CT molecular complexity index is 1370. The number of ether oxygens (including phenoxy) is 2. The minimum atomic E-state index is -0.448. The van der Waals surface area contributed by atoms with Crippen LogP contribution in [0.25, 0.3) is 22.2 Å². The summed E-state index contributed by atoms with van der Waals surface area (Å²) in [5.74, 6) is 1.05. The summed E-state index contributed by atoms with van der Waals surface area (Å²) >= 11 is 0. The number of hydrogen-bond acceptors (Lipinski definition) is 6. The number of aryl methyl sites for hydroxylation is 1. The summed E-state index contributed by atoms with van der Waals surface area (Å²) in [4.78, 5) is 16.2. The molecule has 0 saturated heterocycles. The van der Waals surface area contributed by atoms with Gasteiger partial charge in [-0.25, -0.2) is 9.78 Å². The molecule has 1 amide bonds. The van der Waals surface area contributed by atoms with Crippen molar-refractivity contribution in [2.75, 3.05) is 17.7 Å². The van der Waals surface area contributed by atoms with E-state index < -0.39 is 6.09 Å². The van der Waals surface area contributed by atoms with Gasteiger partial charge in [-0.05, 0) is 62.4 Å². The predicted molar refractivity (Wildman–Crippen MR) is 149 cm³/mol. The van der Waals surface area contributed by atoms with E-state index in [1.54, 1.807) is 11.0 Å². The van der Waals surface area contributed by atoms with Crippen molar-refractivity contribution in [1.82, 2.24) is 19.3 Å². The number of nitrogen functional groups attached to an aromatic ring is 1. The normalized spacial score (nSPS) is 14.4. The van der Waals surface area contributed by atoms with Crippen LogP contribution in [0, 0.1) is 5.92 Å². The van der Waals surface area contributed by atoms with Gasteiger partial charge in [0.25, 0.3) is 0 Å². The van der Waals surface area contributed by atoms with Gasteiger partial charge < -0.3 is 19.8 Å². The van der Waals surface area contributed by atoms with Crippen molar-refractivity contribution >= 4 is 28.4 Å². The highest BCUT2D eigenvalue weighted by atomic mass is 16.6. The number of nitrogens with zero attached hydrogens (tertiary/aromatic N) is 4. The Kier molecular flexibility index (Phi) is 7.53. The highest BCUT2D eigenvalue weighted by Gasteiger charge is 2.27. The maximum atomic E-state index is 12.3. The lowest BCUT2D eigenvalue weighted by atomic mass is 9.92. The zero-order chi connectivity index (χ0) is 26.6. The molecule has 4 aromatic rings. The second-order valence-corrected chi connectivity index (χ2v) is 10.3. The summed E-state index contributed by atoms with van der Waals surface area (Å²) in [6.45, 7) is 7.27. The summed E-state index contributed by atoms with van der Waals surface area (Å²) in [5, 5.41) is 7.94. The van der Waals surface area contributed by atoms with Crippen molar-refractivity contribution in [2.24, 2.45) is 5.92 Å². The second-order valence-electron chi connectivity index (χ2n) is 10.3. The molecular formula is C29H36N6O3. The average Bonchev–Trinajstić information content (AvgIpc) is 3.48. The molecule has 3 N–H and O–H groups in total. The lowest BCUT2D eigenvalue weighted by Gasteiger charge is -2.30. The molecule has 9 nitrogen and oxygen atoms in total. The second kappa shape index (κ2) is 11.2. The molecule has 9 heteroatoms. The Morgan fingerprint density at radius 3 is 2.61 bits per heavy atom. The monoisotopic (exact) mass is 516 g/mol. The van der Waals surface area contributed by atoms with E-state index in [2.05, 4.69) is 26.0 Å². The molecule has 2 heterocycles. The number of fused-ring (bicyclic) bond motifs is 1. The van der Waals surface area contributed by atoms with Crippen molar-refractivity contribution in [1.29, 1.82) is 0 Å². The number of anilines is 2. The summed E-state index contributed by atoms with van der Waals surface area (Å²) in [7, 11) is 0. The van der Waals surface area contributed by atoms with E-state index in [1.807, 2.05) is 57.2 Å². The van der Waals surface area contributed by atoms with Crippen molar-refractivity contribution in [3.63, 3.8) is 0 Å². The van der Waals surface area contributed by atoms with Gasteiger partial charge in [0.2, 0.25) is 0 Å². The Labute approximate surface area is 222 Å². The Morgan fingerprint density at radius 1 is 1.16 bits per heavy atom. The minimum absolute atomic E-state index is 0.158. The summed E-state index contributed by atoms with van der Waals surface area (Å²) in [6, 6.07) is 14.4. The van der Waals surface area contributed by atoms with E-state index in [9.17, 15) is 4.79 Å². The topological polar surface area (TPSA) is 109 Å². The van der Waals surface area contributed by atoms with Gasteiger partial charge in [-0.3, -0.25) is 10.00 Å². The first-order chi connectivity index (χ1) is 18.4. The summed E-state index contributed by atoms with van der Waals surface area (Å²) in [5.41, 5.74) is 11.4. The van der Waals surface area contributed by atoms with E-state index in [0.29, 0.717) is 18.3 Å². The SMILES string of the molecule is CC(C)[C@@H](C)OC(=O)Nc1ccc(-c2c(N)c3cc(OCCCn4cncn4)ccc3n2C2CCC2)cc1. The van der Waals surface area contributed by atoms with Crippen LogP contribution in [-0.2, 0) is 11.3 Å². The minimum Gasteiger partial charge on any atom is -0.494 e. The van der Waals surface area contributed by atoms with Crippen molar-refractivity contribution < 1.29 is 14.3 Å². The van der Waals surface area contributed by atoms with Crippen LogP contribution in [0.1, 0.15) is 52.5 Å². The van der Waals surface area contributed by atoms with Crippen LogP contribution < -0.4 is 15.8 Å². The Morgan fingerprint density at radius 2 is 1.95 bits per heavy atom.